The van der Waals surface area contributed by atoms with Gasteiger partial charge in [-0.25, -0.2) is 8.42 Å². The molecule has 0 aliphatic rings. The molecule has 0 aromatic heterocycles. The van der Waals surface area contributed by atoms with Crippen LogP contribution in [0.1, 0.15) is 19.4 Å². The van der Waals surface area contributed by atoms with E-state index in [0.717, 1.165) is 6.26 Å². The number of hydrogen-bond donors (Lipinski definition) is 1. The summed E-state index contributed by atoms with van der Waals surface area (Å²) in [5, 5.41) is 2.68. The van der Waals surface area contributed by atoms with Gasteiger partial charge < -0.3 is 5.32 Å². The fourth-order valence-corrected chi connectivity index (χ4v) is 2.36. The van der Waals surface area contributed by atoms with Crippen molar-refractivity contribution < 1.29 is 13.2 Å². The van der Waals surface area contributed by atoms with E-state index >= 15 is 0 Å². The smallest absolute Gasteiger partial charge is 0.226 e. The van der Waals surface area contributed by atoms with Crippen molar-refractivity contribution in [1.82, 2.24) is 0 Å². The predicted octanol–water partition coefficient (Wildman–Crippen LogP) is 1.99. The molecule has 1 aromatic rings. The van der Waals surface area contributed by atoms with Crippen molar-refractivity contribution in [2.24, 2.45) is 5.92 Å². The van der Waals surface area contributed by atoms with Crippen LogP contribution in [0.25, 0.3) is 0 Å². The van der Waals surface area contributed by atoms with Crippen molar-refractivity contribution in [3.8, 4) is 0 Å². The fourth-order valence-electron chi connectivity index (χ4n) is 1.36. The summed E-state index contributed by atoms with van der Waals surface area (Å²) in [5.41, 5.74) is 1.18. The first-order valence-electron chi connectivity index (χ1n) is 5.33. The number of rotatable bonds is 3. The van der Waals surface area contributed by atoms with Gasteiger partial charge in [0.25, 0.3) is 0 Å². The summed E-state index contributed by atoms with van der Waals surface area (Å²) >= 11 is 0. The molecule has 1 N–H and O–H groups in total. The maximum Gasteiger partial charge on any atom is 0.226 e. The molecule has 0 spiro atoms. The standard InChI is InChI=1S/C12H17NO3S/c1-8(2)12(14)13-10-6-5-9(3)11(7-10)17(4,15)16/h5-8H,1-4H3,(H,13,14). The Bertz CT molecular complexity index is 533. The van der Waals surface area contributed by atoms with Gasteiger partial charge in [0.05, 0.1) is 4.90 Å². The molecule has 0 fully saturated rings. The third-order valence-corrected chi connectivity index (χ3v) is 3.62. The summed E-state index contributed by atoms with van der Waals surface area (Å²) in [6.07, 6.45) is 1.16. The van der Waals surface area contributed by atoms with Gasteiger partial charge in [0.2, 0.25) is 5.91 Å². The van der Waals surface area contributed by atoms with Gasteiger partial charge in [-0.1, -0.05) is 19.9 Å². The Morgan fingerprint density at radius 2 is 1.88 bits per heavy atom. The number of benzene rings is 1. The number of carbonyl (C=O) groups excluding carboxylic acids is 1. The van der Waals surface area contributed by atoms with Crippen LogP contribution in [0.3, 0.4) is 0 Å². The molecule has 0 aliphatic carbocycles. The van der Waals surface area contributed by atoms with Gasteiger partial charge in [-0.05, 0) is 24.6 Å². The number of aryl methyl sites for hydroxylation is 1. The lowest BCUT2D eigenvalue weighted by molar-refractivity contribution is -0.118. The van der Waals surface area contributed by atoms with Gasteiger partial charge in [-0.2, -0.15) is 0 Å². The third-order valence-electron chi connectivity index (χ3n) is 2.38. The average Bonchev–Trinajstić information content (AvgIpc) is 2.19. The van der Waals surface area contributed by atoms with Crippen LogP contribution in [0.2, 0.25) is 0 Å². The molecule has 1 amide bonds. The highest BCUT2D eigenvalue weighted by molar-refractivity contribution is 7.90. The maximum absolute atomic E-state index is 11.5. The van der Waals surface area contributed by atoms with E-state index < -0.39 is 9.84 Å². The van der Waals surface area contributed by atoms with Crippen molar-refractivity contribution in [3.63, 3.8) is 0 Å². The summed E-state index contributed by atoms with van der Waals surface area (Å²) in [6, 6.07) is 4.88. The van der Waals surface area contributed by atoms with E-state index in [1.165, 1.54) is 6.07 Å². The second-order valence-electron chi connectivity index (χ2n) is 4.40. The molecule has 0 heterocycles. The third kappa shape index (κ3) is 3.56. The van der Waals surface area contributed by atoms with Gasteiger partial charge in [0, 0.05) is 17.9 Å². The highest BCUT2D eigenvalue weighted by atomic mass is 32.2. The molecule has 0 atom stereocenters. The van der Waals surface area contributed by atoms with Crippen LogP contribution in [0.15, 0.2) is 23.1 Å². The lowest BCUT2D eigenvalue weighted by atomic mass is 10.2. The zero-order chi connectivity index (χ0) is 13.2. The van der Waals surface area contributed by atoms with Gasteiger partial charge in [-0.15, -0.1) is 0 Å². The van der Waals surface area contributed by atoms with Crippen molar-refractivity contribution in [3.05, 3.63) is 23.8 Å². The topological polar surface area (TPSA) is 63.2 Å². The van der Waals surface area contributed by atoms with E-state index in [9.17, 15) is 13.2 Å². The SMILES string of the molecule is Cc1ccc(NC(=O)C(C)C)cc1S(C)(=O)=O. The predicted molar refractivity (Wildman–Crippen MR) is 67.8 cm³/mol. The molecule has 0 aliphatic heterocycles. The van der Waals surface area contributed by atoms with E-state index in [4.69, 9.17) is 0 Å². The van der Waals surface area contributed by atoms with Crippen molar-refractivity contribution in [1.29, 1.82) is 0 Å². The minimum atomic E-state index is -3.26. The Balaban J connectivity index is 3.10. The molecule has 94 valence electrons. The summed E-state index contributed by atoms with van der Waals surface area (Å²) in [5.74, 6) is -0.272. The van der Waals surface area contributed by atoms with E-state index in [-0.39, 0.29) is 16.7 Å². The largest absolute Gasteiger partial charge is 0.326 e. The Hall–Kier alpha value is -1.36. The second-order valence-corrected chi connectivity index (χ2v) is 6.38. The average molecular weight is 255 g/mol. The lowest BCUT2D eigenvalue weighted by Gasteiger charge is -2.10. The number of nitrogens with one attached hydrogen (secondary N) is 1. The van der Waals surface area contributed by atoms with Crippen molar-refractivity contribution in [2.45, 2.75) is 25.7 Å². The maximum atomic E-state index is 11.5. The summed E-state index contributed by atoms with van der Waals surface area (Å²) in [4.78, 5) is 11.7. The van der Waals surface area contributed by atoms with E-state index in [1.807, 2.05) is 0 Å². The van der Waals surface area contributed by atoms with Gasteiger partial charge in [0.15, 0.2) is 9.84 Å². The first kappa shape index (κ1) is 13.7. The first-order chi connectivity index (χ1) is 7.71. The molecular weight excluding hydrogens is 238 g/mol. The van der Waals surface area contributed by atoms with Crippen LogP contribution in [0.5, 0.6) is 0 Å². The Kier molecular flexibility index (Phi) is 3.93. The van der Waals surface area contributed by atoms with E-state index in [1.54, 1.807) is 32.9 Å². The summed E-state index contributed by atoms with van der Waals surface area (Å²) < 4.78 is 23.0. The van der Waals surface area contributed by atoms with Gasteiger partial charge in [-0.3, -0.25) is 4.79 Å². The van der Waals surface area contributed by atoms with Crippen LogP contribution >= 0.6 is 0 Å². The van der Waals surface area contributed by atoms with Crippen LogP contribution < -0.4 is 5.32 Å². The molecular formula is C12H17NO3S. The van der Waals surface area contributed by atoms with Crippen LogP contribution in [-0.2, 0) is 14.6 Å². The number of amides is 1. The zero-order valence-corrected chi connectivity index (χ0v) is 11.3. The van der Waals surface area contributed by atoms with Crippen LogP contribution in [-0.4, -0.2) is 20.6 Å². The van der Waals surface area contributed by atoms with Gasteiger partial charge in [0.1, 0.15) is 0 Å². The van der Waals surface area contributed by atoms with Crippen molar-refractivity contribution >= 4 is 21.4 Å². The molecule has 0 saturated carbocycles. The Morgan fingerprint density at radius 1 is 1.29 bits per heavy atom. The fraction of sp³-hybridized carbons (Fsp3) is 0.417. The Morgan fingerprint density at radius 3 is 2.35 bits per heavy atom. The van der Waals surface area contributed by atoms with E-state index in [0.29, 0.717) is 11.3 Å². The normalized spacial score (nSPS) is 11.6. The highest BCUT2D eigenvalue weighted by Crippen LogP contribution is 2.20. The zero-order valence-electron chi connectivity index (χ0n) is 10.4. The van der Waals surface area contributed by atoms with Gasteiger partial charge >= 0.3 is 0 Å². The number of hydrogen-bond acceptors (Lipinski definition) is 3. The lowest BCUT2D eigenvalue weighted by Crippen LogP contribution is -2.18. The molecule has 0 bridgehead atoms. The minimum Gasteiger partial charge on any atom is -0.326 e. The number of anilines is 1. The molecule has 0 radical (unpaired) electrons. The van der Waals surface area contributed by atoms with Crippen LogP contribution in [0.4, 0.5) is 5.69 Å². The quantitative estimate of drug-likeness (QED) is 0.898. The molecule has 1 aromatic carbocycles. The molecule has 0 unspecified atom stereocenters. The second kappa shape index (κ2) is 4.87. The Labute approximate surface area is 102 Å². The molecule has 4 nitrogen and oxygen atoms in total. The monoisotopic (exact) mass is 255 g/mol. The molecule has 0 saturated heterocycles. The molecule has 17 heavy (non-hydrogen) atoms. The molecule has 1 rings (SSSR count). The number of sulfone groups is 1. The first-order valence-corrected chi connectivity index (χ1v) is 7.22. The summed E-state index contributed by atoms with van der Waals surface area (Å²) in [7, 11) is -3.26. The molecule has 5 heteroatoms. The highest BCUT2D eigenvalue weighted by Gasteiger charge is 2.13. The van der Waals surface area contributed by atoms with Crippen molar-refractivity contribution in [2.75, 3.05) is 11.6 Å². The minimum absolute atomic E-state index is 0.131. The van der Waals surface area contributed by atoms with E-state index in [2.05, 4.69) is 5.32 Å². The van der Waals surface area contributed by atoms with Crippen LogP contribution in [0, 0.1) is 12.8 Å². The number of carbonyl (C=O) groups is 1. The summed E-state index contributed by atoms with van der Waals surface area (Å²) in [6.45, 7) is 5.28.